The Morgan fingerprint density at radius 2 is 2.33 bits per heavy atom. The number of carboxylic acid groups (broad SMARTS) is 1. The van der Waals surface area contributed by atoms with Crippen LogP contribution in [0.5, 0.6) is 0 Å². The molecule has 0 amide bonds. The fourth-order valence-corrected chi connectivity index (χ4v) is 1.33. The number of rotatable bonds is 4. The maximum atomic E-state index is 11.0. The molecule has 1 unspecified atom stereocenters. The fourth-order valence-electron chi connectivity index (χ4n) is 1.33. The lowest BCUT2D eigenvalue weighted by atomic mass is 10.2. The van der Waals surface area contributed by atoms with Gasteiger partial charge in [-0.15, -0.1) is 0 Å². The van der Waals surface area contributed by atoms with Gasteiger partial charge in [0.15, 0.2) is 0 Å². The van der Waals surface area contributed by atoms with E-state index < -0.39 is 5.97 Å². The van der Waals surface area contributed by atoms with Crippen LogP contribution < -0.4 is 4.90 Å². The van der Waals surface area contributed by atoms with Gasteiger partial charge in [-0.05, 0) is 25.5 Å². The van der Waals surface area contributed by atoms with Crippen molar-refractivity contribution in [1.29, 1.82) is 0 Å². The van der Waals surface area contributed by atoms with Crippen molar-refractivity contribution in [2.45, 2.75) is 26.3 Å². The van der Waals surface area contributed by atoms with E-state index in [-0.39, 0.29) is 11.6 Å². The molecule has 15 heavy (non-hydrogen) atoms. The van der Waals surface area contributed by atoms with E-state index in [9.17, 15) is 4.79 Å². The number of hydrogen-bond acceptors (Lipinski definition) is 3. The van der Waals surface area contributed by atoms with Crippen molar-refractivity contribution < 1.29 is 9.90 Å². The highest BCUT2D eigenvalue weighted by Gasteiger charge is 2.16. The van der Waals surface area contributed by atoms with Crippen LogP contribution in [0.1, 0.15) is 30.6 Å². The number of aromatic nitrogens is 1. The Labute approximate surface area is 89.6 Å². The topological polar surface area (TPSA) is 53.4 Å². The molecule has 0 fully saturated rings. The van der Waals surface area contributed by atoms with Gasteiger partial charge in [0.2, 0.25) is 0 Å². The molecule has 1 aromatic rings. The van der Waals surface area contributed by atoms with Gasteiger partial charge in [0.25, 0.3) is 0 Å². The predicted octanol–water partition coefficient (Wildman–Crippen LogP) is 2.01. The van der Waals surface area contributed by atoms with Gasteiger partial charge in [-0.3, -0.25) is 0 Å². The van der Waals surface area contributed by atoms with E-state index in [1.54, 1.807) is 18.3 Å². The molecule has 0 saturated heterocycles. The van der Waals surface area contributed by atoms with Crippen LogP contribution in [0.3, 0.4) is 0 Å². The van der Waals surface area contributed by atoms with E-state index >= 15 is 0 Å². The second kappa shape index (κ2) is 4.77. The molecular formula is C11H16N2O2. The average molecular weight is 208 g/mol. The highest BCUT2D eigenvalue weighted by atomic mass is 16.4. The maximum absolute atomic E-state index is 11.0. The molecule has 82 valence electrons. The molecule has 1 rings (SSSR count). The second-order valence-corrected chi connectivity index (χ2v) is 3.55. The van der Waals surface area contributed by atoms with Crippen LogP contribution >= 0.6 is 0 Å². The number of aromatic carboxylic acids is 1. The summed E-state index contributed by atoms with van der Waals surface area (Å²) in [5.74, 6) is -0.410. The van der Waals surface area contributed by atoms with Gasteiger partial charge in [0.1, 0.15) is 11.4 Å². The lowest BCUT2D eigenvalue weighted by molar-refractivity contribution is 0.0697. The lowest BCUT2D eigenvalue weighted by Gasteiger charge is -2.25. The molecule has 1 atom stereocenters. The van der Waals surface area contributed by atoms with Gasteiger partial charge in [-0.1, -0.05) is 6.92 Å². The first-order valence-corrected chi connectivity index (χ1v) is 4.99. The van der Waals surface area contributed by atoms with Crippen LogP contribution in [-0.2, 0) is 0 Å². The molecule has 0 radical (unpaired) electrons. The van der Waals surface area contributed by atoms with Crippen LogP contribution in [0.2, 0.25) is 0 Å². The summed E-state index contributed by atoms with van der Waals surface area (Å²) in [6.45, 7) is 4.10. The first-order valence-electron chi connectivity index (χ1n) is 4.99. The number of pyridine rings is 1. The SMILES string of the molecule is CCC(C)N(C)c1ncccc1C(=O)O. The van der Waals surface area contributed by atoms with Gasteiger partial charge in [-0.25, -0.2) is 9.78 Å². The molecule has 0 bridgehead atoms. The van der Waals surface area contributed by atoms with E-state index in [2.05, 4.69) is 11.9 Å². The van der Waals surface area contributed by atoms with Crippen LogP contribution in [0.15, 0.2) is 18.3 Å². The molecule has 0 aliphatic carbocycles. The molecule has 1 heterocycles. The molecule has 1 N–H and O–H groups in total. The molecule has 0 spiro atoms. The number of nitrogens with zero attached hydrogens (tertiary/aromatic N) is 2. The fraction of sp³-hybridized carbons (Fsp3) is 0.455. The Morgan fingerprint density at radius 1 is 1.67 bits per heavy atom. The Hall–Kier alpha value is -1.58. The molecule has 0 aliphatic rings. The smallest absolute Gasteiger partial charge is 0.339 e. The van der Waals surface area contributed by atoms with Gasteiger partial charge in [-0.2, -0.15) is 0 Å². The van der Waals surface area contributed by atoms with Gasteiger partial charge < -0.3 is 10.0 Å². The van der Waals surface area contributed by atoms with E-state index in [0.717, 1.165) is 6.42 Å². The quantitative estimate of drug-likeness (QED) is 0.822. The minimum Gasteiger partial charge on any atom is -0.478 e. The Balaban J connectivity index is 3.07. The van der Waals surface area contributed by atoms with E-state index in [1.165, 1.54) is 0 Å². The summed E-state index contributed by atoms with van der Waals surface area (Å²) in [4.78, 5) is 17.0. The average Bonchev–Trinajstić information content (AvgIpc) is 2.27. The van der Waals surface area contributed by atoms with Crippen LogP contribution in [0.4, 0.5) is 5.82 Å². The van der Waals surface area contributed by atoms with Crippen molar-refractivity contribution in [3.05, 3.63) is 23.9 Å². The van der Waals surface area contributed by atoms with Crippen molar-refractivity contribution in [1.82, 2.24) is 4.98 Å². The zero-order valence-electron chi connectivity index (χ0n) is 9.27. The zero-order chi connectivity index (χ0) is 11.4. The zero-order valence-corrected chi connectivity index (χ0v) is 9.27. The van der Waals surface area contributed by atoms with E-state index in [4.69, 9.17) is 5.11 Å². The van der Waals surface area contributed by atoms with Crippen molar-refractivity contribution in [3.8, 4) is 0 Å². The molecule has 4 heteroatoms. The van der Waals surface area contributed by atoms with Crippen molar-refractivity contribution in [3.63, 3.8) is 0 Å². The van der Waals surface area contributed by atoms with Crippen molar-refractivity contribution in [2.24, 2.45) is 0 Å². The summed E-state index contributed by atoms with van der Waals surface area (Å²) in [5, 5.41) is 9.00. The summed E-state index contributed by atoms with van der Waals surface area (Å²) in [6, 6.07) is 3.49. The molecule has 0 aromatic carbocycles. The third-order valence-corrected chi connectivity index (χ3v) is 2.60. The lowest BCUT2D eigenvalue weighted by Crippen LogP contribution is -2.30. The summed E-state index contributed by atoms with van der Waals surface area (Å²) >= 11 is 0. The molecule has 0 saturated carbocycles. The van der Waals surface area contributed by atoms with Crippen LogP contribution in [-0.4, -0.2) is 29.1 Å². The minimum absolute atomic E-state index is 0.250. The monoisotopic (exact) mass is 208 g/mol. The standard InChI is InChI=1S/C11H16N2O2/c1-4-8(2)13(3)10-9(11(14)15)6-5-7-12-10/h5-8H,4H2,1-3H3,(H,14,15). The molecular weight excluding hydrogens is 192 g/mol. The summed E-state index contributed by atoms with van der Waals surface area (Å²) in [6.07, 6.45) is 2.56. The molecule has 4 nitrogen and oxygen atoms in total. The van der Waals surface area contributed by atoms with Gasteiger partial charge in [0.05, 0.1) is 0 Å². The maximum Gasteiger partial charge on any atom is 0.339 e. The number of carboxylic acids is 1. The largest absolute Gasteiger partial charge is 0.478 e. The van der Waals surface area contributed by atoms with E-state index in [1.807, 2.05) is 18.9 Å². The van der Waals surface area contributed by atoms with Crippen molar-refractivity contribution >= 4 is 11.8 Å². The molecule has 1 aromatic heterocycles. The van der Waals surface area contributed by atoms with E-state index in [0.29, 0.717) is 5.82 Å². The van der Waals surface area contributed by atoms with Crippen molar-refractivity contribution in [2.75, 3.05) is 11.9 Å². The summed E-state index contributed by atoms with van der Waals surface area (Å²) < 4.78 is 0. The Bertz CT molecular complexity index is 352. The third kappa shape index (κ3) is 2.46. The second-order valence-electron chi connectivity index (χ2n) is 3.55. The first kappa shape index (κ1) is 11.5. The minimum atomic E-state index is -0.937. The van der Waals surface area contributed by atoms with Gasteiger partial charge in [0, 0.05) is 19.3 Å². The molecule has 0 aliphatic heterocycles. The van der Waals surface area contributed by atoms with Gasteiger partial charge >= 0.3 is 5.97 Å². The van der Waals surface area contributed by atoms with Crippen LogP contribution in [0, 0.1) is 0 Å². The Kier molecular flexibility index (Phi) is 3.66. The first-order chi connectivity index (χ1) is 7.07. The number of carbonyl (C=O) groups is 1. The summed E-state index contributed by atoms with van der Waals surface area (Å²) in [7, 11) is 1.86. The number of anilines is 1. The summed E-state index contributed by atoms with van der Waals surface area (Å²) in [5.41, 5.74) is 0.250. The normalized spacial score (nSPS) is 12.2. The Morgan fingerprint density at radius 3 is 2.87 bits per heavy atom. The highest BCUT2D eigenvalue weighted by molar-refractivity contribution is 5.93. The predicted molar refractivity (Wildman–Crippen MR) is 59.4 cm³/mol. The van der Waals surface area contributed by atoms with Crippen LogP contribution in [0.25, 0.3) is 0 Å². The highest BCUT2D eigenvalue weighted by Crippen LogP contribution is 2.18. The third-order valence-electron chi connectivity index (χ3n) is 2.60. The number of hydrogen-bond donors (Lipinski definition) is 1.